The van der Waals surface area contributed by atoms with Crippen LogP contribution in [0.1, 0.15) is 30.5 Å². The Balaban J connectivity index is 1.47. The normalized spacial score (nSPS) is 22.4. The lowest BCUT2D eigenvalue weighted by Crippen LogP contribution is -2.43. The maximum absolute atomic E-state index is 12.5. The highest BCUT2D eigenvalue weighted by atomic mass is 16.6. The molecule has 5 nitrogen and oxygen atoms in total. The van der Waals surface area contributed by atoms with Crippen molar-refractivity contribution in [2.24, 2.45) is 7.05 Å². The van der Waals surface area contributed by atoms with Gasteiger partial charge >= 0.3 is 6.09 Å². The van der Waals surface area contributed by atoms with E-state index in [9.17, 15) is 4.79 Å². The molecule has 4 rings (SSSR count). The number of nitrogens with zero attached hydrogens (tertiary/aromatic N) is 3. The van der Waals surface area contributed by atoms with Crippen molar-refractivity contribution in [3.8, 4) is 0 Å². The first-order chi connectivity index (χ1) is 11.7. The van der Waals surface area contributed by atoms with Gasteiger partial charge in [0.15, 0.2) is 0 Å². The summed E-state index contributed by atoms with van der Waals surface area (Å²) < 4.78 is 7.44. The SMILES string of the molecule is Cn1nccc1C1=CC2CCC(C1)N2C(=O)OCc1ccccc1. The second-order valence-corrected chi connectivity index (χ2v) is 6.48. The van der Waals surface area contributed by atoms with Gasteiger partial charge in [0.1, 0.15) is 6.61 Å². The van der Waals surface area contributed by atoms with E-state index in [-0.39, 0.29) is 18.2 Å². The Bertz CT molecular complexity index is 766. The fourth-order valence-electron chi connectivity index (χ4n) is 3.79. The smallest absolute Gasteiger partial charge is 0.410 e. The first-order valence-electron chi connectivity index (χ1n) is 8.40. The van der Waals surface area contributed by atoms with Crippen LogP contribution in [0.25, 0.3) is 5.57 Å². The first-order valence-corrected chi connectivity index (χ1v) is 8.40. The average Bonchev–Trinajstić information content (AvgIpc) is 3.14. The molecule has 0 saturated carbocycles. The summed E-state index contributed by atoms with van der Waals surface area (Å²) in [6.45, 7) is 0.327. The molecule has 2 atom stereocenters. The zero-order chi connectivity index (χ0) is 16.5. The number of carbonyl (C=O) groups is 1. The van der Waals surface area contributed by atoms with Crippen molar-refractivity contribution in [3.05, 3.63) is 59.9 Å². The van der Waals surface area contributed by atoms with E-state index in [0.29, 0.717) is 6.61 Å². The van der Waals surface area contributed by atoms with Crippen LogP contribution in [0.3, 0.4) is 0 Å². The Morgan fingerprint density at radius 3 is 2.79 bits per heavy atom. The van der Waals surface area contributed by atoms with Crippen LogP contribution in [-0.4, -0.2) is 32.9 Å². The van der Waals surface area contributed by atoms with E-state index in [1.165, 1.54) is 5.57 Å². The molecule has 1 aromatic heterocycles. The summed E-state index contributed by atoms with van der Waals surface area (Å²) in [6.07, 6.45) is 6.74. The molecule has 2 aromatic rings. The maximum Gasteiger partial charge on any atom is 0.410 e. The Morgan fingerprint density at radius 2 is 2.08 bits per heavy atom. The Hall–Kier alpha value is -2.56. The topological polar surface area (TPSA) is 47.4 Å². The van der Waals surface area contributed by atoms with E-state index in [0.717, 1.165) is 30.5 Å². The van der Waals surface area contributed by atoms with Crippen molar-refractivity contribution in [2.45, 2.75) is 38.0 Å². The second-order valence-electron chi connectivity index (χ2n) is 6.48. The van der Waals surface area contributed by atoms with Crippen LogP contribution in [0, 0.1) is 0 Å². The van der Waals surface area contributed by atoms with Crippen LogP contribution < -0.4 is 0 Å². The lowest BCUT2D eigenvalue weighted by atomic mass is 9.99. The fourth-order valence-corrected chi connectivity index (χ4v) is 3.79. The number of amides is 1. The third-order valence-corrected chi connectivity index (χ3v) is 4.96. The molecule has 1 aromatic carbocycles. The van der Waals surface area contributed by atoms with E-state index in [2.05, 4.69) is 11.2 Å². The highest BCUT2D eigenvalue weighted by Gasteiger charge is 2.41. The van der Waals surface area contributed by atoms with E-state index in [1.807, 2.05) is 59.2 Å². The average molecular weight is 323 g/mol. The Labute approximate surface area is 141 Å². The zero-order valence-electron chi connectivity index (χ0n) is 13.8. The van der Waals surface area contributed by atoms with Crippen LogP contribution in [-0.2, 0) is 18.4 Å². The van der Waals surface area contributed by atoms with Crippen molar-refractivity contribution in [1.29, 1.82) is 0 Å². The second kappa shape index (κ2) is 6.15. The lowest BCUT2D eigenvalue weighted by molar-refractivity contribution is 0.0832. The number of ether oxygens (including phenoxy) is 1. The molecule has 2 aliphatic heterocycles. The molecule has 2 aliphatic rings. The molecule has 1 fully saturated rings. The summed E-state index contributed by atoms with van der Waals surface area (Å²) in [7, 11) is 1.96. The molecule has 3 heterocycles. The summed E-state index contributed by atoms with van der Waals surface area (Å²) in [4.78, 5) is 14.5. The van der Waals surface area contributed by atoms with Crippen LogP contribution in [0.5, 0.6) is 0 Å². The largest absolute Gasteiger partial charge is 0.445 e. The van der Waals surface area contributed by atoms with Crippen molar-refractivity contribution in [3.63, 3.8) is 0 Å². The Kier molecular flexibility index (Phi) is 3.84. The molecule has 0 aliphatic carbocycles. The number of benzene rings is 1. The molecule has 1 saturated heterocycles. The molecule has 124 valence electrons. The predicted octanol–water partition coefficient (Wildman–Crippen LogP) is 3.38. The van der Waals surface area contributed by atoms with Crippen LogP contribution in [0.15, 0.2) is 48.7 Å². The third-order valence-electron chi connectivity index (χ3n) is 4.96. The van der Waals surface area contributed by atoms with Gasteiger partial charge in [-0.2, -0.15) is 5.10 Å². The van der Waals surface area contributed by atoms with Crippen molar-refractivity contribution < 1.29 is 9.53 Å². The first kappa shape index (κ1) is 15.0. The van der Waals surface area contributed by atoms with Crippen LogP contribution in [0.2, 0.25) is 0 Å². The lowest BCUT2D eigenvalue weighted by Gasteiger charge is -2.33. The van der Waals surface area contributed by atoms with Crippen molar-refractivity contribution in [2.75, 3.05) is 0 Å². The third kappa shape index (κ3) is 2.70. The van der Waals surface area contributed by atoms with Gasteiger partial charge in [-0.25, -0.2) is 4.79 Å². The standard InChI is InChI=1S/C19H21N3O2/c1-21-18(9-10-20-21)15-11-16-7-8-17(12-15)22(16)19(23)24-13-14-5-3-2-4-6-14/h2-6,9-11,16-17H,7-8,12-13H2,1H3. The summed E-state index contributed by atoms with van der Waals surface area (Å²) in [5.74, 6) is 0. The number of hydrogen-bond acceptors (Lipinski definition) is 3. The minimum absolute atomic E-state index is 0.136. The Morgan fingerprint density at radius 1 is 1.25 bits per heavy atom. The van der Waals surface area contributed by atoms with Gasteiger partial charge in [0.2, 0.25) is 0 Å². The van der Waals surface area contributed by atoms with Crippen molar-refractivity contribution >= 4 is 11.7 Å². The van der Waals surface area contributed by atoms with E-state index < -0.39 is 0 Å². The van der Waals surface area contributed by atoms with Gasteiger partial charge in [-0.05, 0) is 36.5 Å². The molecule has 5 heteroatoms. The molecule has 2 unspecified atom stereocenters. The molecule has 1 amide bonds. The highest BCUT2D eigenvalue weighted by Crippen LogP contribution is 2.38. The molecule has 0 N–H and O–H groups in total. The number of fused-ring (bicyclic) bond motifs is 2. The minimum atomic E-state index is -0.202. The molecule has 0 radical (unpaired) electrons. The summed E-state index contributed by atoms with van der Waals surface area (Å²) in [5, 5.41) is 4.25. The van der Waals surface area contributed by atoms with Crippen LogP contribution >= 0.6 is 0 Å². The number of aromatic nitrogens is 2. The number of aryl methyl sites for hydroxylation is 1. The molecule has 0 spiro atoms. The van der Waals surface area contributed by atoms with Gasteiger partial charge in [0.25, 0.3) is 0 Å². The van der Waals surface area contributed by atoms with Gasteiger partial charge in [-0.3, -0.25) is 9.58 Å². The monoisotopic (exact) mass is 323 g/mol. The van der Waals surface area contributed by atoms with E-state index >= 15 is 0 Å². The quantitative estimate of drug-likeness (QED) is 0.870. The number of hydrogen-bond donors (Lipinski definition) is 0. The zero-order valence-corrected chi connectivity index (χ0v) is 13.8. The van der Waals surface area contributed by atoms with E-state index in [1.54, 1.807) is 0 Å². The van der Waals surface area contributed by atoms with Crippen LogP contribution in [0.4, 0.5) is 4.79 Å². The van der Waals surface area contributed by atoms with E-state index in [4.69, 9.17) is 4.74 Å². The summed E-state index contributed by atoms with van der Waals surface area (Å²) in [5.41, 5.74) is 3.44. The van der Waals surface area contributed by atoms with Gasteiger partial charge in [-0.1, -0.05) is 36.4 Å². The fraction of sp³-hybridized carbons (Fsp3) is 0.368. The molecular formula is C19H21N3O2. The summed E-state index contributed by atoms with van der Waals surface area (Å²) in [6, 6.07) is 12.2. The highest BCUT2D eigenvalue weighted by molar-refractivity contribution is 5.74. The maximum atomic E-state index is 12.5. The van der Waals surface area contributed by atoms with Gasteiger partial charge < -0.3 is 4.74 Å². The molecule has 24 heavy (non-hydrogen) atoms. The molecule has 2 bridgehead atoms. The molecular weight excluding hydrogens is 302 g/mol. The minimum Gasteiger partial charge on any atom is -0.445 e. The van der Waals surface area contributed by atoms with Crippen molar-refractivity contribution in [1.82, 2.24) is 14.7 Å². The van der Waals surface area contributed by atoms with Gasteiger partial charge in [0, 0.05) is 19.3 Å². The number of rotatable bonds is 3. The van der Waals surface area contributed by atoms with Gasteiger partial charge in [-0.15, -0.1) is 0 Å². The predicted molar refractivity (Wildman–Crippen MR) is 91.1 cm³/mol. The van der Waals surface area contributed by atoms with Gasteiger partial charge in [0.05, 0.1) is 11.7 Å². The number of carbonyl (C=O) groups excluding carboxylic acids is 1. The summed E-state index contributed by atoms with van der Waals surface area (Å²) >= 11 is 0.